The van der Waals surface area contributed by atoms with Crippen LogP contribution >= 0.6 is 0 Å². The minimum absolute atomic E-state index is 0.431. The molecular weight excluding hydrogens is 202 g/mol. The van der Waals surface area contributed by atoms with Crippen LogP contribution in [0, 0.1) is 11.3 Å². The average Bonchev–Trinajstić information content (AvgIpc) is 2.72. The SMILES string of the molecule is N#Cc1ccc2c(ccn2CCN=[N+]=[N-])c1. The van der Waals surface area contributed by atoms with Crippen molar-refractivity contribution in [3.8, 4) is 6.07 Å². The molecule has 0 aliphatic rings. The number of aromatic nitrogens is 1. The number of nitrogens with zero attached hydrogens (tertiary/aromatic N) is 5. The third-order valence-corrected chi connectivity index (χ3v) is 2.40. The average molecular weight is 211 g/mol. The van der Waals surface area contributed by atoms with Crippen LogP contribution in [0.1, 0.15) is 5.56 Å². The van der Waals surface area contributed by atoms with E-state index in [1.165, 1.54) is 0 Å². The second-order valence-corrected chi connectivity index (χ2v) is 3.35. The van der Waals surface area contributed by atoms with E-state index in [4.69, 9.17) is 10.8 Å². The highest BCUT2D eigenvalue weighted by atomic mass is 15.1. The Morgan fingerprint density at radius 2 is 2.31 bits per heavy atom. The van der Waals surface area contributed by atoms with E-state index in [0.29, 0.717) is 18.7 Å². The van der Waals surface area contributed by atoms with Gasteiger partial charge in [-0.3, -0.25) is 0 Å². The zero-order chi connectivity index (χ0) is 11.4. The summed E-state index contributed by atoms with van der Waals surface area (Å²) in [5, 5.41) is 13.3. The van der Waals surface area contributed by atoms with Crippen molar-refractivity contribution in [2.75, 3.05) is 6.54 Å². The normalized spacial score (nSPS) is 9.69. The Kier molecular flexibility index (Phi) is 2.77. The molecule has 0 saturated heterocycles. The molecule has 0 radical (unpaired) electrons. The highest BCUT2D eigenvalue weighted by Gasteiger charge is 2.01. The second kappa shape index (κ2) is 4.39. The molecule has 1 heterocycles. The lowest BCUT2D eigenvalue weighted by Crippen LogP contribution is -1.98. The highest BCUT2D eigenvalue weighted by molar-refractivity contribution is 5.81. The van der Waals surface area contributed by atoms with Crippen molar-refractivity contribution in [3.63, 3.8) is 0 Å². The molecule has 0 spiro atoms. The van der Waals surface area contributed by atoms with Crippen LogP contribution < -0.4 is 0 Å². The summed E-state index contributed by atoms with van der Waals surface area (Å²) < 4.78 is 2.01. The van der Waals surface area contributed by atoms with Gasteiger partial charge in [0, 0.05) is 35.1 Å². The molecular formula is C11H9N5. The maximum atomic E-state index is 8.77. The number of azide groups is 1. The monoisotopic (exact) mass is 211 g/mol. The Hall–Kier alpha value is -2.44. The van der Waals surface area contributed by atoms with Gasteiger partial charge in [-0.25, -0.2) is 0 Å². The number of rotatable bonds is 3. The van der Waals surface area contributed by atoms with E-state index in [1.807, 2.05) is 29.0 Å². The predicted molar refractivity (Wildman–Crippen MR) is 60.7 cm³/mol. The van der Waals surface area contributed by atoms with Gasteiger partial charge in [-0.2, -0.15) is 5.26 Å². The van der Waals surface area contributed by atoms with Gasteiger partial charge in [0.1, 0.15) is 0 Å². The van der Waals surface area contributed by atoms with Crippen molar-refractivity contribution < 1.29 is 0 Å². The van der Waals surface area contributed by atoms with E-state index in [1.54, 1.807) is 6.07 Å². The molecule has 78 valence electrons. The van der Waals surface area contributed by atoms with Gasteiger partial charge in [0.25, 0.3) is 0 Å². The Morgan fingerprint density at radius 1 is 1.44 bits per heavy atom. The van der Waals surface area contributed by atoms with Crippen molar-refractivity contribution >= 4 is 10.9 Å². The summed E-state index contributed by atoms with van der Waals surface area (Å²) >= 11 is 0. The fraction of sp³-hybridized carbons (Fsp3) is 0.182. The molecule has 0 bridgehead atoms. The van der Waals surface area contributed by atoms with Crippen LogP contribution in [0.15, 0.2) is 35.6 Å². The molecule has 0 atom stereocenters. The molecule has 2 rings (SSSR count). The molecule has 16 heavy (non-hydrogen) atoms. The first kappa shape index (κ1) is 10.1. The van der Waals surface area contributed by atoms with E-state index >= 15 is 0 Å². The van der Waals surface area contributed by atoms with Crippen LogP contribution in [-0.2, 0) is 6.54 Å². The van der Waals surface area contributed by atoms with Crippen molar-refractivity contribution in [1.82, 2.24) is 4.57 Å². The summed E-state index contributed by atoms with van der Waals surface area (Å²) in [6.45, 7) is 1.08. The van der Waals surface area contributed by atoms with Gasteiger partial charge in [-0.05, 0) is 29.8 Å². The molecule has 2 aromatic rings. The second-order valence-electron chi connectivity index (χ2n) is 3.35. The fourth-order valence-corrected chi connectivity index (χ4v) is 1.66. The van der Waals surface area contributed by atoms with Crippen LogP contribution in [0.25, 0.3) is 21.3 Å². The first-order chi connectivity index (χ1) is 7.85. The predicted octanol–water partition coefficient (Wildman–Crippen LogP) is 2.82. The van der Waals surface area contributed by atoms with Gasteiger partial charge in [-0.15, -0.1) is 0 Å². The summed E-state index contributed by atoms with van der Waals surface area (Å²) in [6.07, 6.45) is 1.93. The lowest BCUT2D eigenvalue weighted by atomic mass is 10.2. The van der Waals surface area contributed by atoms with Crippen LogP contribution in [0.5, 0.6) is 0 Å². The lowest BCUT2D eigenvalue weighted by Gasteiger charge is -2.01. The van der Waals surface area contributed by atoms with E-state index < -0.39 is 0 Å². The largest absolute Gasteiger partial charge is 0.347 e. The topological polar surface area (TPSA) is 77.5 Å². The van der Waals surface area contributed by atoms with Gasteiger partial charge in [0.15, 0.2) is 0 Å². The van der Waals surface area contributed by atoms with Gasteiger partial charge in [-0.1, -0.05) is 5.11 Å². The van der Waals surface area contributed by atoms with Crippen molar-refractivity contribution in [3.05, 3.63) is 46.5 Å². The number of hydrogen-bond acceptors (Lipinski definition) is 2. The Morgan fingerprint density at radius 3 is 3.06 bits per heavy atom. The lowest BCUT2D eigenvalue weighted by molar-refractivity contribution is 0.732. The molecule has 0 aliphatic heterocycles. The molecule has 1 aromatic carbocycles. The van der Waals surface area contributed by atoms with Gasteiger partial charge in [0.2, 0.25) is 0 Å². The first-order valence-electron chi connectivity index (χ1n) is 4.85. The zero-order valence-corrected chi connectivity index (χ0v) is 8.54. The summed E-state index contributed by atoms with van der Waals surface area (Å²) in [5.74, 6) is 0. The summed E-state index contributed by atoms with van der Waals surface area (Å²) in [4.78, 5) is 2.71. The maximum Gasteiger partial charge on any atom is 0.0991 e. The molecule has 5 heteroatoms. The molecule has 0 amide bonds. The Labute approximate surface area is 92.2 Å². The molecule has 0 unspecified atom stereocenters. The standard InChI is InChI=1S/C11H9N5/c12-8-9-1-2-11-10(7-9)3-5-16(11)6-4-14-15-13/h1-3,5,7H,4,6H2. The zero-order valence-electron chi connectivity index (χ0n) is 8.54. The number of hydrogen-bond donors (Lipinski definition) is 0. The number of nitriles is 1. The van der Waals surface area contributed by atoms with Crippen molar-refractivity contribution in [2.24, 2.45) is 5.11 Å². The van der Waals surface area contributed by atoms with Gasteiger partial charge < -0.3 is 4.57 Å². The summed E-state index contributed by atoms with van der Waals surface area (Å²) in [5.41, 5.74) is 9.89. The molecule has 0 N–H and O–H groups in total. The van der Waals surface area contributed by atoms with E-state index in [-0.39, 0.29) is 0 Å². The third-order valence-electron chi connectivity index (χ3n) is 2.40. The van der Waals surface area contributed by atoms with Crippen LogP contribution in [0.2, 0.25) is 0 Å². The smallest absolute Gasteiger partial charge is 0.0991 e. The Bertz CT molecular complexity index is 598. The summed E-state index contributed by atoms with van der Waals surface area (Å²) in [6, 6.07) is 9.59. The van der Waals surface area contributed by atoms with Crippen molar-refractivity contribution in [2.45, 2.75) is 6.54 Å². The molecule has 5 nitrogen and oxygen atoms in total. The van der Waals surface area contributed by atoms with Crippen LogP contribution in [-0.4, -0.2) is 11.1 Å². The van der Waals surface area contributed by atoms with Gasteiger partial charge >= 0.3 is 0 Å². The molecule has 0 aliphatic carbocycles. The fourth-order valence-electron chi connectivity index (χ4n) is 1.66. The summed E-state index contributed by atoms with van der Waals surface area (Å²) in [7, 11) is 0. The van der Waals surface area contributed by atoms with E-state index in [2.05, 4.69) is 16.1 Å². The van der Waals surface area contributed by atoms with E-state index in [9.17, 15) is 0 Å². The molecule has 0 saturated carbocycles. The minimum Gasteiger partial charge on any atom is -0.347 e. The number of fused-ring (bicyclic) bond motifs is 1. The van der Waals surface area contributed by atoms with E-state index in [0.717, 1.165) is 10.9 Å². The third kappa shape index (κ3) is 1.83. The van der Waals surface area contributed by atoms with Gasteiger partial charge in [0.05, 0.1) is 11.6 Å². The minimum atomic E-state index is 0.431. The Balaban J connectivity index is 2.34. The quantitative estimate of drug-likeness (QED) is 0.436. The van der Waals surface area contributed by atoms with Crippen LogP contribution in [0.4, 0.5) is 0 Å². The number of benzene rings is 1. The van der Waals surface area contributed by atoms with Crippen LogP contribution in [0.3, 0.4) is 0 Å². The maximum absolute atomic E-state index is 8.77. The first-order valence-corrected chi connectivity index (χ1v) is 4.85. The van der Waals surface area contributed by atoms with Crippen molar-refractivity contribution in [1.29, 1.82) is 5.26 Å². The highest BCUT2D eigenvalue weighted by Crippen LogP contribution is 2.17. The molecule has 0 fully saturated rings. The molecule has 1 aromatic heterocycles.